The van der Waals surface area contributed by atoms with Gasteiger partial charge in [-0.1, -0.05) is 0 Å². The van der Waals surface area contributed by atoms with E-state index in [1.807, 2.05) is 11.9 Å². The number of carbonyl (C=O) groups excluding carboxylic acids is 1. The summed E-state index contributed by atoms with van der Waals surface area (Å²) in [5.74, 6) is 0.266. The molecule has 0 aromatic carbocycles. The molecule has 0 unspecified atom stereocenters. The van der Waals surface area contributed by atoms with Crippen LogP contribution in [0, 0.1) is 0 Å². The fraction of sp³-hybridized carbons (Fsp3) is 0.846. The smallest absolute Gasteiger partial charge is 0.236 e. The van der Waals surface area contributed by atoms with E-state index in [0.29, 0.717) is 6.54 Å². The van der Waals surface area contributed by atoms with Crippen LogP contribution in [0.4, 0.5) is 0 Å². The molecule has 114 valence electrons. The number of rotatable bonds is 2. The number of carbonyl (C=O) groups is 1. The third-order valence-corrected chi connectivity index (χ3v) is 4.55. The van der Waals surface area contributed by atoms with Crippen molar-refractivity contribution in [3.8, 4) is 0 Å². The van der Waals surface area contributed by atoms with Gasteiger partial charge in [0, 0.05) is 59.4 Å². The largest absolute Gasteiger partial charge is 0.366 e. The highest BCUT2D eigenvalue weighted by Crippen LogP contribution is 2.05. The van der Waals surface area contributed by atoms with Crippen LogP contribution in [-0.4, -0.2) is 104 Å². The number of nitrogens with one attached hydrogen (secondary N) is 1. The topological polar surface area (TPSA) is 42.1 Å². The Bertz CT molecular complexity index is 349. The second-order valence-electron chi connectivity index (χ2n) is 5.50. The molecule has 1 amide bonds. The maximum atomic E-state index is 12.3. The summed E-state index contributed by atoms with van der Waals surface area (Å²) in [4.78, 5) is 20.9. The quantitative estimate of drug-likeness (QED) is 0.652. The minimum absolute atomic E-state index is 0.266. The average molecular weight is 299 g/mol. The second-order valence-corrected chi connectivity index (χ2v) is 5.89. The highest BCUT2D eigenvalue weighted by atomic mass is 32.1. The van der Waals surface area contributed by atoms with Crippen LogP contribution in [0.3, 0.4) is 0 Å². The fourth-order valence-corrected chi connectivity index (χ4v) is 2.80. The first-order valence-electron chi connectivity index (χ1n) is 7.25. The van der Waals surface area contributed by atoms with Gasteiger partial charge in [-0.05, 0) is 19.3 Å². The molecule has 0 aromatic heterocycles. The highest BCUT2D eigenvalue weighted by Gasteiger charge is 2.24. The van der Waals surface area contributed by atoms with E-state index in [-0.39, 0.29) is 5.91 Å². The first-order chi connectivity index (χ1) is 9.60. The molecule has 2 aliphatic heterocycles. The number of thiocarbonyl (C=S) groups is 1. The number of piperazine rings is 2. The van der Waals surface area contributed by atoms with E-state index in [0.717, 1.165) is 57.5 Å². The van der Waals surface area contributed by atoms with Crippen LogP contribution in [-0.2, 0) is 4.79 Å². The minimum Gasteiger partial charge on any atom is -0.366 e. The second kappa shape index (κ2) is 7.19. The molecule has 0 aliphatic carbocycles. The molecular weight excluding hydrogens is 274 g/mol. The van der Waals surface area contributed by atoms with Crippen LogP contribution in [0.5, 0.6) is 0 Å². The van der Waals surface area contributed by atoms with Crippen molar-refractivity contribution in [3.63, 3.8) is 0 Å². The van der Waals surface area contributed by atoms with Crippen LogP contribution in [0.15, 0.2) is 0 Å². The minimum atomic E-state index is 0.266. The van der Waals surface area contributed by atoms with Gasteiger partial charge >= 0.3 is 0 Å². The van der Waals surface area contributed by atoms with Gasteiger partial charge in [0.1, 0.15) is 0 Å². The average Bonchev–Trinajstić information content (AvgIpc) is 2.48. The fourth-order valence-electron chi connectivity index (χ4n) is 2.61. The lowest BCUT2D eigenvalue weighted by molar-refractivity contribution is -0.134. The summed E-state index contributed by atoms with van der Waals surface area (Å²) in [5.41, 5.74) is 0. The molecule has 0 spiro atoms. The number of likely N-dealkylation sites (N-methyl/N-ethyl adjacent to an activating group) is 1. The van der Waals surface area contributed by atoms with E-state index in [4.69, 9.17) is 12.2 Å². The first kappa shape index (κ1) is 15.5. The van der Waals surface area contributed by atoms with Crippen molar-refractivity contribution in [3.05, 3.63) is 0 Å². The van der Waals surface area contributed by atoms with Crippen molar-refractivity contribution in [1.82, 2.24) is 24.9 Å². The molecule has 2 aliphatic rings. The normalized spacial score (nSPS) is 21.9. The van der Waals surface area contributed by atoms with E-state index in [2.05, 4.69) is 27.1 Å². The SMILES string of the molecule is CNC(=S)N1CCN(CC(=O)N2CCN(C)CC2)CC1. The Morgan fingerprint density at radius 3 is 2.10 bits per heavy atom. The summed E-state index contributed by atoms with van der Waals surface area (Å²) in [6.07, 6.45) is 0. The van der Waals surface area contributed by atoms with Crippen molar-refractivity contribution in [1.29, 1.82) is 0 Å². The molecule has 0 atom stereocenters. The van der Waals surface area contributed by atoms with Crippen molar-refractivity contribution in [2.24, 2.45) is 0 Å². The molecular formula is C13H25N5OS. The zero-order valence-corrected chi connectivity index (χ0v) is 13.3. The van der Waals surface area contributed by atoms with Crippen LogP contribution in [0.1, 0.15) is 0 Å². The summed E-state index contributed by atoms with van der Waals surface area (Å²) >= 11 is 5.23. The Balaban J connectivity index is 1.72. The standard InChI is InChI=1S/C13H25N5OS/c1-14-13(20)18-9-5-16(6-10-18)11-12(19)17-7-3-15(2)4-8-17/h3-11H2,1-2H3,(H,14,20). The predicted molar refractivity (Wildman–Crippen MR) is 83.7 cm³/mol. The molecule has 6 nitrogen and oxygen atoms in total. The summed E-state index contributed by atoms with van der Waals surface area (Å²) in [6, 6.07) is 0. The molecule has 2 saturated heterocycles. The summed E-state index contributed by atoms with van der Waals surface area (Å²) in [5, 5.41) is 3.81. The van der Waals surface area contributed by atoms with E-state index in [9.17, 15) is 4.79 Å². The number of hydrogen-bond donors (Lipinski definition) is 1. The molecule has 2 fully saturated rings. The van der Waals surface area contributed by atoms with E-state index >= 15 is 0 Å². The third kappa shape index (κ3) is 4.04. The molecule has 2 rings (SSSR count). The predicted octanol–water partition coefficient (Wildman–Crippen LogP) is -1.12. The van der Waals surface area contributed by atoms with Gasteiger partial charge in [0.05, 0.1) is 6.54 Å². The van der Waals surface area contributed by atoms with Crippen molar-refractivity contribution in [2.75, 3.05) is 73.0 Å². The monoisotopic (exact) mass is 299 g/mol. The van der Waals surface area contributed by atoms with Gasteiger partial charge in [0.2, 0.25) is 5.91 Å². The molecule has 0 bridgehead atoms. The van der Waals surface area contributed by atoms with Crippen LogP contribution in [0.2, 0.25) is 0 Å². The lowest BCUT2D eigenvalue weighted by atomic mass is 10.3. The van der Waals surface area contributed by atoms with Gasteiger partial charge in [-0.3, -0.25) is 9.69 Å². The Labute approximate surface area is 126 Å². The van der Waals surface area contributed by atoms with Gasteiger partial charge < -0.3 is 20.0 Å². The van der Waals surface area contributed by atoms with Crippen molar-refractivity contribution < 1.29 is 4.79 Å². The highest BCUT2D eigenvalue weighted by molar-refractivity contribution is 7.80. The van der Waals surface area contributed by atoms with E-state index in [1.165, 1.54) is 0 Å². The molecule has 7 heteroatoms. The van der Waals surface area contributed by atoms with Gasteiger partial charge in [-0.15, -0.1) is 0 Å². The number of hydrogen-bond acceptors (Lipinski definition) is 4. The van der Waals surface area contributed by atoms with Gasteiger partial charge in [0.15, 0.2) is 5.11 Å². The number of amides is 1. The van der Waals surface area contributed by atoms with Gasteiger partial charge in [0.25, 0.3) is 0 Å². The lowest BCUT2D eigenvalue weighted by Crippen LogP contribution is -2.54. The molecule has 0 radical (unpaired) electrons. The van der Waals surface area contributed by atoms with Gasteiger partial charge in [-0.25, -0.2) is 0 Å². The Hall–Kier alpha value is -0.920. The Kier molecular flexibility index (Phi) is 5.56. The van der Waals surface area contributed by atoms with Crippen LogP contribution < -0.4 is 5.32 Å². The molecule has 0 saturated carbocycles. The summed E-state index contributed by atoms with van der Waals surface area (Å²) in [6.45, 7) is 7.84. The van der Waals surface area contributed by atoms with E-state index < -0.39 is 0 Å². The first-order valence-corrected chi connectivity index (χ1v) is 7.66. The zero-order chi connectivity index (χ0) is 14.5. The van der Waals surface area contributed by atoms with Crippen LogP contribution in [0.25, 0.3) is 0 Å². The zero-order valence-electron chi connectivity index (χ0n) is 12.5. The summed E-state index contributed by atoms with van der Waals surface area (Å²) in [7, 11) is 3.96. The molecule has 20 heavy (non-hydrogen) atoms. The molecule has 2 heterocycles. The third-order valence-electron chi connectivity index (χ3n) is 4.09. The molecule has 0 aromatic rings. The van der Waals surface area contributed by atoms with Crippen molar-refractivity contribution in [2.45, 2.75) is 0 Å². The maximum absolute atomic E-state index is 12.3. The van der Waals surface area contributed by atoms with Crippen LogP contribution >= 0.6 is 12.2 Å². The summed E-state index contributed by atoms with van der Waals surface area (Å²) < 4.78 is 0. The van der Waals surface area contributed by atoms with Crippen molar-refractivity contribution >= 4 is 23.2 Å². The Morgan fingerprint density at radius 2 is 1.55 bits per heavy atom. The van der Waals surface area contributed by atoms with Gasteiger partial charge in [-0.2, -0.15) is 0 Å². The number of nitrogens with zero attached hydrogens (tertiary/aromatic N) is 4. The Morgan fingerprint density at radius 1 is 1.00 bits per heavy atom. The maximum Gasteiger partial charge on any atom is 0.236 e. The molecule has 1 N–H and O–H groups in total. The lowest BCUT2D eigenvalue weighted by Gasteiger charge is -2.37. The van der Waals surface area contributed by atoms with E-state index in [1.54, 1.807) is 0 Å².